The molecule has 0 spiro atoms. The number of carbonyl (C=O) groups excluding carboxylic acids is 1. The fourth-order valence-corrected chi connectivity index (χ4v) is 1.93. The van der Waals surface area contributed by atoms with Crippen LogP contribution in [0.2, 0.25) is 0 Å². The van der Waals surface area contributed by atoms with Crippen molar-refractivity contribution in [2.24, 2.45) is 4.99 Å². The maximum Gasteiger partial charge on any atom is 0.321 e. The summed E-state index contributed by atoms with van der Waals surface area (Å²) in [6.07, 6.45) is -0.0730. The van der Waals surface area contributed by atoms with E-state index in [9.17, 15) is 13.6 Å². The molecule has 0 aliphatic rings. The predicted molar refractivity (Wildman–Crippen MR) is 78.8 cm³/mol. The van der Waals surface area contributed by atoms with E-state index in [1.54, 1.807) is 6.07 Å². The molecule has 0 amide bonds. The number of aliphatic imine (C=N–C) groups is 1. The summed E-state index contributed by atoms with van der Waals surface area (Å²) in [5.41, 5.74) is 0.316. The molecule has 0 heterocycles. The van der Waals surface area contributed by atoms with Gasteiger partial charge in [-0.25, -0.2) is 4.99 Å². The van der Waals surface area contributed by atoms with Crippen molar-refractivity contribution in [2.75, 3.05) is 7.11 Å². The van der Waals surface area contributed by atoms with Gasteiger partial charge in [0.1, 0.15) is 0 Å². The number of hydrogen-bond donors (Lipinski definition) is 0. The van der Waals surface area contributed by atoms with Crippen LogP contribution >= 0.6 is 34.8 Å². The minimum Gasteiger partial charge on any atom is -0.469 e. The van der Waals surface area contributed by atoms with Gasteiger partial charge in [0, 0.05) is 28.2 Å². The van der Waals surface area contributed by atoms with Gasteiger partial charge in [0.15, 0.2) is 0 Å². The molecule has 0 aromatic heterocycles. The van der Waals surface area contributed by atoms with Gasteiger partial charge in [0.2, 0.25) is 0 Å². The highest BCUT2D eigenvalue weighted by Gasteiger charge is 2.27. The fraction of sp³-hybridized carbons (Fsp3) is 0.333. The first-order valence-corrected chi connectivity index (χ1v) is 6.68. The van der Waals surface area contributed by atoms with Crippen LogP contribution in [-0.4, -0.2) is 18.2 Å². The van der Waals surface area contributed by atoms with Crippen molar-refractivity contribution >= 4 is 45.9 Å². The lowest BCUT2D eigenvalue weighted by Crippen LogP contribution is -2.09. The Labute approximate surface area is 128 Å². The van der Waals surface area contributed by atoms with Gasteiger partial charge in [-0.3, -0.25) is 4.79 Å². The number of halogens is 3. The molecule has 19 heavy (non-hydrogen) atoms. The van der Waals surface area contributed by atoms with Crippen LogP contribution in [0.4, 0.5) is 8.78 Å². The third-order valence-electron chi connectivity index (χ3n) is 2.39. The smallest absolute Gasteiger partial charge is 0.321 e. The van der Waals surface area contributed by atoms with E-state index in [2.05, 4.69) is 27.1 Å². The van der Waals surface area contributed by atoms with Gasteiger partial charge in [0.25, 0.3) is 0 Å². The first-order valence-electron chi connectivity index (χ1n) is 5.19. The van der Waals surface area contributed by atoms with Crippen LogP contribution in [0.3, 0.4) is 0 Å². The molecule has 0 bridgehead atoms. The molecule has 1 atom stereocenters. The van der Waals surface area contributed by atoms with E-state index in [1.807, 2.05) is 0 Å². The van der Waals surface area contributed by atoms with E-state index in [0.29, 0.717) is 5.56 Å². The van der Waals surface area contributed by atoms with Crippen molar-refractivity contribution in [3.8, 4) is 0 Å². The van der Waals surface area contributed by atoms with Gasteiger partial charge in [-0.2, -0.15) is 8.78 Å². The van der Waals surface area contributed by atoms with Crippen LogP contribution in [0, 0.1) is 0 Å². The van der Waals surface area contributed by atoms with Crippen molar-refractivity contribution in [2.45, 2.75) is 16.4 Å². The zero-order valence-corrected chi connectivity index (χ0v) is 12.9. The summed E-state index contributed by atoms with van der Waals surface area (Å²) in [6, 6.07) is 5.04. The van der Waals surface area contributed by atoms with Crippen molar-refractivity contribution in [1.82, 2.24) is 0 Å². The number of carbonyl (C=O) groups is 1. The monoisotopic (exact) mass is 397 g/mol. The minimum atomic E-state index is -2.98. The van der Waals surface area contributed by atoms with E-state index in [-0.39, 0.29) is 12.0 Å². The molecular weight excluding hydrogens is 387 g/mol. The lowest BCUT2D eigenvalue weighted by Gasteiger charge is -2.14. The van der Waals surface area contributed by atoms with Gasteiger partial charge >= 0.3 is 9.90 Å². The maximum absolute atomic E-state index is 13.2. The van der Waals surface area contributed by atoms with Crippen molar-refractivity contribution in [3.63, 3.8) is 0 Å². The summed E-state index contributed by atoms with van der Waals surface area (Å²) in [6.45, 7) is 0. The van der Waals surface area contributed by atoms with Gasteiger partial charge in [0.05, 0.1) is 24.7 Å². The van der Waals surface area contributed by atoms with Crippen LogP contribution in [0.1, 0.15) is 23.6 Å². The second kappa shape index (κ2) is 7.02. The molecule has 0 saturated heterocycles. The summed E-state index contributed by atoms with van der Waals surface area (Å²) in [7, 11) is 1.25. The van der Waals surface area contributed by atoms with Gasteiger partial charge < -0.3 is 4.74 Å². The number of nitrogens with zero attached hydrogens (tertiary/aromatic N) is 1. The lowest BCUT2D eigenvalue weighted by molar-refractivity contribution is -0.141. The average molecular weight is 397 g/mol. The van der Waals surface area contributed by atoms with Crippen LogP contribution in [0.15, 0.2) is 29.3 Å². The molecule has 1 unspecified atom stereocenters. The summed E-state index contributed by atoms with van der Waals surface area (Å²) < 4.78 is 28.0. The van der Waals surface area contributed by atoms with Crippen LogP contribution in [0.5, 0.6) is 0 Å². The molecule has 0 radical (unpaired) electrons. The van der Waals surface area contributed by atoms with Crippen LogP contribution < -0.4 is 0 Å². The van der Waals surface area contributed by atoms with Crippen LogP contribution in [0.25, 0.3) is 0 Å². The summed E-state index contributed by atoms with van der Waals surface area (Å²) in [4.78, 5) is 15.1. The largest absolute Gasteiger partial charge is 0.469 e. The average Bonchev–Trinajstić information content (AvgIpc) is 2.37. The Bertz CT molecular complexity index is 513. The van der Waals surface area contributed by atoms with E-state index >= 15 is 0 Å². The van der Waals surface area contributed by atoms with E-state index < -0.39 is 15.9 Å². The molecule has 1 rings (SSSR count). The third-order valence-corrected chi connectivity index (χ3v) is 3.12. The Hall–Kier alpha value is -0.920. The number of thiocarbonyl (C=S) groups is 1. The van der Waals surface area contributed by atoms with Crippen molar-refractivity contribution < 1.29 is 18.3 Å². The quantitative estimate of drug-likeness (QED) is 0.249. The molecule has 0 aliphatic carbocycles. The van der Waals surface area contributed by atoms with E-state index in [1.165, 1.54) is 25.3 Å². The zero-order chi connectivity index (χ0) is 14.5. The van der Waals surface area contributed by atoms with Crippen molar-refractivity contribution in [1.29, 1.82) is 0 Å². The molecule has 0 fully saturated rings. The first-order chi connectivity index (χ1) is 8.88. The van der Waals surface area contributed by atoms with Gasteiger partial charge in [-0.1, -0.05) is 18.2 Å². The number of rotatable bonds is 5. The highest BCUT2D eigenvalue weighted by Crippen LogP contribution is 2.36. The molecule has 7 heteroatoms. The van der Waals surface area contributed by atoms with Gasteiger partial charge in [-0.05, 0) is 23.8 Å². The fourth-order valence-electron chi connectivity index (χ4n) is 1.47. The minimum absolute atomic E-state index is 0.0730. The molecule has 1 aromatic rings. The van der Waals surface area contributed by atoms with Gasteiger partial charge in [-0.15, -0.1) is 0 Å². The first kappa shape index (κ1) is 16.1. The van der Waals surface area contributed by atoms with Crippen molar-refractivity contribution in [3.05, 3.63) is 35.4 Å². The molecule has 1 aromatic carbocycles. The number of isothiocyanates is 1. The summed E-state index contributed by atoms with van der Waals surface area (Å²) in [5, 5.41) is 2.17. The highest BCUT2D eigenvalue weighted by atomic mass is 127. The summed E-state index contributed by atoms with van der Waals surface area (Å²) >= 11 is 5.55. The maximum atomic E-state index is 13.2. The van der Waals surface area contributed by atoms with E-state index in [4.69, 9.17) is 0 Å². The standard InChI is InChI=1S/C12H10F2INO2S/c1-18-11(17)6-10(16-7-19)8-3-2-4-9(5-8)12(13,14)15/h2-5,10H,6H2,1H3. The Balaban J connectivity index is 3.09. The Morgan fingerprint density at radius 3 is 2.84 bits per heavy atom. The SMILES string of the molecule is COC(=O)CC(N=C=S)c1cccc(C(F)(F)I)c1. The number of methoxy groups -OCH3 is 1. The number of hydrogen-bond acceptors (Lipinski definition) is 4. The molecule has 3 nitrogen and oxygen atoms in total. The number of alkyl halides is 3. The molecular formula is C12H10F2INO2S. The molecule has 0 aliphatic heterocycles. The molecule has 0 N–H and O–H groups in total. The predicted octanol–water partition coefficient (Wildman–Crippen LogP) is 3.88. The molecule has 0 saturated carbocycles. The van der Waals surface area contributed by atoms with E-state index in [0.717, 1.165) is 22.6 Å². The highest BCUT2D eigenvalue weighted by molar-refractivity contribution is 14.1. The molecule has 102 valence electrons. The lowest BCUT2D eigenvalue weighted by atomic mass is 10.0. The Kier molecular flexibility index (Phi) is 5.96. The number of ether oxygens (including phenoxy) is 1. The Morgan fingerprint density at radius 1 is 1.63 bits per heavy atom. The van der Waals surface area contributed by atoms with Crippen LogP contribution in [-0.2, 0) is 13.5 Å². The number of benzene rings is 1. The Morgan fingerprint density at radius 2 is 2.32 bits per heavy atom. The second-order valence-corrected chi connectivity index (χ2v) is 5.18. The second-order valence-electron chi connectivity index (χ2n) is 3.64. The normalized spacial score (nSPS) is 12.4. The number of esters is 1. The summed E-state index contributed by atoms with van der Waals surface area (Å²) in [5.74, 6) is -0.495. The topological polar surface area (TPSA) is 38.7 Å². The zero-order valence-electron chi connectivity index (χ0n) is 9.90. The third kappa shape index (κ3) is 4.93.